The molecule has 6 heteroatoms. The van der Waals surface area contributed by atoms with Gasteiger partial charge in [0.2, 0.25) is 0 Å². The largest absolute Gasteiger partial charge is 0.416 e. The maximum atomic E-state index is 13.1. The summed E-state index contributed by atoms with van der Waals surface area (Å²) in [7, 11) is 0. The summed E-state index contributed by atoms with van der Waals surface area (Å²) < 4.78 is 39.9. The number of rotatable bonds is 5. The van der Waals surface area contributed by atoms with Crippen molar-refractivity contribution in [1.29, 1.82) is 0 Å². The highest BCUT2D eigenvalue weighted by atomic mass is 79.9. The van der Waals surface area contributed by atoms with Crippen LogP contribution in [-0.4, -0.2) is 31.1 Å². The van der Waals surface area contributed by atoms with Crippen LogP contribution in [0.3, 0.4) is 0 Å². The molecule has 130 valence electrons. The molecule has 1 aliphatic rings. The van der Waals surface area contributed by atoms with Crippen LogP contribution in [0, 0.1) is 5.92 Å². The second-order valence-electron chi connectivity index (χ2n) is 6.54. The van der Waals surface area contributed by atoms with Gasteiger partial charge in [-0.3, -0.25) is 4.90 Å². The smallest absolute Gasteiger partial charge is 0.314 e. The zero-order chi connectivity index (χ0) is 17.0. The molecule has 1 aromatic carbocycles. The fraction of sp³-hybridized carbons (Fsp3) is 0.647. The van der Waals surface area contributed by atoms with Crippen LogP contribution in [0.2, 0.25) is 0 Å². The monoisotopic (exact) mass is 392 g/mol. The van der Waals surface area contributed by atoms with Gasteiger partial charge in [-0.05, 0) is 42.5 Å². The summed E-state index contributed by atoms with van der Waals surface area (Å²) in [6.07, 6.45) is -2.43. The Morgan fingerprint density at radius 2 is 1.78 bits per heavy atom. The van der Waals surface area contributed by atoms with E-state index in [1.165, 1.54) is 6.07 Å². The molecule has 23 heavy (non-hydrogen) atoms. The Hall–Kier alpha value is -0.590. The lowest BCUT2D eigenvalue weighted by molar-refractivity contribution is -0.137. The summed E-state index contributed by atoms with van der Waals surface area (Å²) in [5.41, 5.74) is 0.181. The Morgan fingerprint density at radius 3 is 2.35 bits per heavy atom. The Morgan fingerprint density at radius 1 is 1.13 bits per heavy atom. The van der Waals surface area contributed by atoms with E-state index in [9.17, 15) is 13.2 Å². The van der Waals surface area contributed by atoms with Crippen molar-refractivity contribution in [3.8, 4) is 0 Å². The zero-order valence-electron chi connectivity index (χ0n) is 13.6. The third kappa shape index (κ3) is 5.47. The van der Waals surface area contributed by atoms with Crippen molar-refractivity contribution in [3.05, 3.63) is 33.8 Å². The topological polar surface area (TPSA) is 15.3 Å². The first kappa shape index (κ1) is 18.7. The number of alkyl halides is 3. The van der Waals surface area contributed by atoms with Crippen molar-refractivity contribution < 1.29 is 13.2 Å². The van der Waals surface area contributed by atoms with E-state index in [1.54, 1.807) is 0 Å². The van der Waals surface area contributed by atoms with Gasteiger partial charge in [0, 0.05) is 36.7 Å². The molecule has 1 atom stereocenters. The molecule has 0 bridgehead atoms. The van der Waals surface area contributed by atoms with E-state index < -0.39 is 11.7 Å². The molecule has 0 radical (unpaired) electrons. The Balaban J connectivity index is 2.31. The fourth-order valence-electron chi connectivity index (χ4n) is 3.01. The van der Waals surface area contributed by atoms with Crippen molar-refractivity contribution in [2.45, 2.75) is 38.9 Å². The Bertz CT molecular complexity index is 511. The van der Waals surface area contributed by atoms with Crippen LogP contribution in [0.25, 0.3) is 0 Å². The van der Waals surface area contributed by atoms with Crippen molar-refractivity contribution in [3.63, 3.8) is 0 Å². The normalized spacial score (nSPS) is 18.4. The molecule has 1 fully saturated rings. The second-order valence-corrected chi connectivity index (χ2v) is 7.46. The lowest BCUT2D eigenvalue weighted by atomic mass is 9.94. The summed E-state index contributed by atoms with van der Waals surface area (Å²) in [6, 6.07) is 4.35. The molecule has 1 heterocycles. The van der Waals surface area contributed by atoms with Crippen molar-refractivity contribution in [2.75, 3.05) is 26.2 Å². The number of hydrogen-bond donors (Lipinski definition) is 1. The summed E-state index contributed by atoms with van der Waals surface area (Å²) in [6.45, 7) is 7.82. The van der Waals surface area contributed by atoms with E-state index in [0.717, 1.165) is 50.7 Å². The van der Waals surface area contributed by atoms with E-state index in [0.29, 0.717) is 10.4 Å². The average molecular weight is 393 g/mol. The molecule has 1 aromatic rings. The third-order valence-corrected chi connectivity index (χ3v) is 4.70. The molecular formula is C17H24BrF3N2. The van der Waals surface area contributed by atoms with E-state index in [4.69, 9.17) is 0 Å². The molecule has 0 spiro atoms. The molecule has 0 aliphatic carbocycles. The highest BCUT2D eigenvalue weighted by Gasteiger charge is 2.32. The summed E-state index contributed by atoms with van der Waals surface area (Å²) >= 11 is 3.25. The van der Waals surface area contributed by atoms with E-state index >= 15 is 0 Å². The number of piperazine rings is 1. The molecule has 0 unspecified atom stereocenters. The summed E-state index contributed by atoms with van der Waals surface area (Å²) in [5.74, 6) is 0.537. The van der Waals surface area contributed by atoms with Crippen molar-refractivity contribution in [1.82, 2.24) is 10.2 Å². The number of halogens is 4. The minimum absolute atomic E-state index is 0.0399. The molecule has 0 aromatic heterocycles. The minimum atomic E-state index is -4.31. The summed E-state index contributed by atoms with van der Waals surface area (Å²) in [4.78, 5) is 2.31. The Labute approximate surface area is 144 Å². The maximum absolute atomic E-state index is 13.1. The van der Waals surface area contributed by atoms with Crippen LogP contribution in [0.15, 0.2) is 22.7 Å². The van der Waals surface area contributed by atoms with Crippen molar-refractivity contribution in [2.24, 2.45) is 5.92 Å². The molecular weight excluding hydrogens is 369 g/mol. The molecule has 0 saturated carbocycles. The highest BCUT2D eigenvalue weighted by Crippen LogP contribution is 2.36. The van der Waals surface area contributed by atoms with Crippen molar-refractivity contribution >= 4 is 15.9 Å². The minimum Gasteiger partial charge on any atom is -0.314 e. The molecule has 0 amide bonds. The van der Waals surface area contributed by atoms with Gasteiger partial charge in [0.05, 0.1) is 5.56 Å². The standard InChI is InChI=1S/C17H24BrF3N2/c1-12(2)3-4-16(23-7-5-22-6-8-23)13-9-14(17(19,20)21)11-15(18)10-13/h9-12,16,22H,3-8H2,1-2H3/t16-/m1/s1. The van der Waals surface area contributed by atoms with Gasteiger partial charge in [0.1, 0.15) is 0 Å². The second kappa shape index (κ2) is 7.99. The van der Waals surface area contributed by atoms with Gasteiger partial charge >= 0.3 is 6.18 Å². The number of hydrogen-bond acceptors (Lipinski definition) is 2. The lowest BCUT2D eigenvalue weighted by Crippen LogP contribution is -2.45. The van der Waals surface area contributed by atoms with E-state index in [1.807, 2.05) is 6.07 Å². The quantitative estimate of drug-likeness (QED) is 0.770. The van der Waals surface area contributed by atoms with E-state index in [-0.39, 0.29) is 6.04 Å². The number of nitrogens with zero attached hydrogens (tertiary/aromatic N) is 1. The molecule has 2 nitrogen and oxygen atoms in total. The van der Waals surface area contributed by atoms with Gasteiger partial charge < -0.3 is 5.32 Å². The molecule has 1 N–H and O–H groups in total. The summed E-state index contributed by atoms with van der Waals surface area (Å²) in [5, 5.41) is 3.30. The predicted octanol–water partition coefficient (Wildman–Crippen LogP) is 4.85. The van der Waals surface area contributed by atoms with Crippen LogP contribution in [-0.2, 0) is 6.18 Å². The molecule has 1 saturated heterocycles. The van der Waals surface area contributed by atoms with Gasteiger partial charge in [-0.1, -0.05) is 29.8 Å². The fourth-order valence-corrected chi connectivity index (χ4v) is 3.52. The first-order valence-corrected chi connectivity index (χ1v) is 8.89. The van der Waals surface area contributed by atoms with E-state index in [2.05, 4.69) is 40.0 Å². The highest BCUT2D eigenvalue weighted by molar-refractivity contribution is 9.10. The zero-order valence-corrected chi connectivity index (χ0v) is 15.2. The molecule has 2 rings (SSSR count). The van der Waals surface area contributed by atoms with Crippen LogP contribution in [0.5, 0.6) is 0 Å². The number of benzene rings is 1. The van der Waals surface area contributed by atoms with Gasteiger partial charge in [-0.2, -0.15) is 13.2 Å². The predicted molar refractivity (Wildman–Crippen MR) is 90.4 cm³/mol. The first-order valence-electron chi connectivity index (χ1n) is 8.10. The third-order valence-electron chi connectivity index (χ3n) is 4.24. The van der Waals surface area contributed by atoms with Gasteiger partial charge in [0.25, 0.3) is 0 Å². The van der Waals surface area contributed by atoms with Crippen LogP contribution < -0.4 is 5.32 Å². The molecule has 1 aliphatic heterocycles. The maximum Gasteiger partial charge on any atom is 0.416 e. The SMILES string of the molecule is CC(C)CC[C@H](c1cc(Br)cc(C(F)(F)F)c1)N1CCNCC1. The van der Waals surface area contributed by atoms with Crippen LogP contribution >= 0.6 is 15.9 Å². The first-order chi connectivity index (χ1) is 10.8. The van der Waals surface area contributed by atoms with Crippen LogP contribution in [0.4, 0.5) is 13.2 Å². The van der Waals surface area contributed by atoms with Gasteiger partial charge in [0.15, 0.2) is 0 Å². The van der Waals surface area contributed by atoms with Gasteiger partial charge in [-0.25, -0.2) is 0 Å². The average Bonchev–Trinajstić information content (AvgIpc) is 2.47. The number of nitrogens with one attached hydrogen (secondary N) is 1. The van der Waals surface area contributed by atoms with Gasteiger partial charge in [-0.15, -0.1) is 0 Å². The van der Waals surface area contributed by atoms with Crippen LogP contribution in [0.1, 0.15) is 43.9 Å². The lowest BCUT2D eigenvalue weighted by Gasteiger charge is -2.36. The Kier molecular flexibility index (Phi) is 6.51.